The molecule has 16 atom stereocenters. The number of quaternary nitrogens is 1. The number of nitrogens with zero attached hydrogens (tertiary/aromatic N) is 7. The molecular weight excluding hydrogens is 1160 g/mol. The Labute approximate surface area is 517 Å². The van der Waals surface area contributed by atoms with E-state index < -0.39 is 132 Å². The average molecular weight is 1240 g/mol. The van der Waals surface area contributed by atoms with E-state index in [9.17, 15) is 63.6 Å². The molecule has 0 aromatic heterocycles. The molecule has 5 amide bonds. The van der Waals surface area contributed by atoms with Crippen molar-refractivity contribution in [1.82, 2.24) is 34.3 Å². The third-order valence-corrected chi connectivity index (χ3v) is 19.1. The summed E-state index contributed by atoms with van der Waals surface area (Å²) in [4.78, 5) is 123. The minimum Gasteiger partial charge on any atom is -0.550 e. The van der Waals surface area contributed by atoms with Crippen LogP contribution in [0.25, 0.3) is 0 Å². The van der Waals surface area contributed by atoms with Crippen molar-refractivity contribution in [3.05, 3.63) is 84.5 Å². The van der Waals surface area contributed by atoms with E-state index in [2.05, 4.69) is 35.9 Å². The number of aliphatic carboxylic acids is 4. The van der Waals surface area contributed by atoms with Gasteiger partial charge in [-0.1, -0.05) is 85.9 Å². The first-order valence-corrected chi connectivity index (χ1v) is 31.1. The van der Waals surface area contributed by atoms with Crippen molar-refractivity contribution in [3.63, 3.8) is 0 Å². The Hall–Kier alpha value is -7.07. The molecule has 484 valence electrons. The van der Waals surface area contributed by atoms with Crippen LogP contribution < -0.4 is 20.2 Å². The second-order valence-corrected chi connectivity index (χ2v) is 25.7. The maximum atomic E-state index is 12.9. The van der Waals surface area contributed by atoms with Gasteiger partial charge in [0.05, 0.1) is 106 Å². The molecule has 0 radical (unpaired) electrons. The van der Waals surface area contributed by atoms with Gasteiger partial charge in [-0.2, -0.15) is 0 Å². The fourth-order valence-corrected chi connectivity index (χ4v) is 14.2. The van der Waals surface area contributed by atoms with Crippen molar-refractivity contribution in [1.29, 1.82) is 0 Å². The predicted octanol–water partition coefficient (Wildman–Crippen LogP) is -4.50. The maximum absolute atomic E-state index is 12.9. The molecule has 8 bridgehead atoms. The number of amides is 5. The average Bonchev–Trinajstić information content (AvgIpc) is 1.73. The first kappa shape index (κ1) is 64.9. The first-order valence-electron chi connectivity index (χ1n) is 31.1. The number of hydrogen-bond acceptors (Lipinski definition) is 19. The number of nitrogens with one attached hydrogen (secondary N) is 1. The molecule has 26 nitrogen and oxygen atoms in total. The summed E-state index contributed by atoms with van der Waals surface area (Å²) in [5.74, 6) is -11.1. The van der Waals surface area contributed by atoms with Crippen LogP contribution in [-0.4, -0.2) is 266 Å². The summed E-state index contributed by atoms with van der Waals surface area (Å²) in [6.07, 6.45) is 9.92. The SMILES string of the molecule is CC(C)(C)OC(=O)N1CCN(C(=O)C2C(C(=O)O)[C@H]3C=C[C@@H]2O3)CC1.CCN1CCN(C(=O)C2C(C(=O)[O-])[C@H]3C=C[C@@H]2O3)CC1.C[NH+]1CCN(C(=O)C2C(C(=O)[O-])[C@H]3C=C[C@@H]2O3)CC1.O=C([O-])C1C(C(=O)N2CCN(Cc3ccccc3)CC2)[C@@H]2C=C[C@H]1O2. The van der Waals surface area contributed by atoms with Crippen LogP contribution in [-0.2, 0) is 68.6 Å². The molecule has 2 N–H and O–H groups in total. The second kappa shape index (κ2) is 27.6. The van der Waals surface area contributed by atoms with Crippen LogP contribution >= 0.6 is 0 Å². The van der Waals surface area contributed by atoms with Crippen molar-refractivity contribution in [2.24, 2.45) is 47.3 Å². The first-order chi connectivity index (χ1) is 42.5. The molecule has 1 aromatic carbocycles. The van der Waals surface area contributed by atoms with Gasteiger partial charge in [-0.05, 0) is 32.9 Å². The molecule has 26 heteroatoms. The highest BCUT2D eigenvalue weighted by Gasteiger charge is 2.56. The largest absolute Gasteiger partial charge is 0.550 e. The van der Waals surface area contributed by atoms with Gasteiger partial charge in [0.1, 0.15) is 11.5 Å². The van der Waals surface area contributed by atoms with E-state index in [4.69, 9.17) is 23.7 Å². The lowest BCUT2D eigenvalue weighted by Crippen LogP contribution is -3.12. The zero-order valence-corrected chi connectivity index (χ0v) is 51.0. The number of ether oxygens (including phenoxy) is 5. The van der Waals surface area contributed by atoms with Crippen LogP contribution in [0.5, 0.6) is 0 Å². The van der Waals surface area contributed by atoms with Gasteiger partial charge in [-0.25, -0.2) is 4.79 Å². The highest BCUT2D eigenvalue weighted by atomic mass is 16.6. The highest BCUT2D eigenvalue weighted by Crippen LogP contribution is 2.43. The van der Waals surface area contributed by atoms with Crippen LogP contribution in [0.2, 0.25) is 0 Å². The molecule has 0 aliphatic carbocycles. The molecular formula is C63H82N8O18-2. The normalized spacial score (nSPS) is 33.9. The molecule has 0 saturated carbocycles. The number of fused-ring (bicyclic) bond motifs is 8. The summed E-state index contributed by atoms with van der Waals surface area (Å²) >= 11 is 0. The Morgan fingerprint density at radius 3 is 1.10 bits per heavy atom. The Morgan fingerprint density at radius 1 is 0.461 bits per heavy atom. The molecule has 12 aliphatic heterocycles. The van der Waals surface area contributed by atoms with Crippen molar-refractivity contribution < 1.29 is 92.2 Å². The molecule has 12 heterocycles. The Morgan fingerprint density at radius 2 is 0.764 bits per heavy atom. The van der Waals surface area contributed by atoms with Crippen molar-refractivity contribution in [2.45, 2.75) is 88.7 Å². The summed E-state index contributed by atoms with van der Waals surface area (Å²) in [7, 11) is 2.09. The summed E-state index contributed by atoms with van der Waals surface area (Å²) in [5, 5.41) is 43.4. The lowest BCUT2D eigenvalue weighted by Gasteiger charge is -2.37. The monoisotopic (exact) mass is 1240 g/mol. The topological polar surface area (TPSA) is 316 Å². The number of hydrogen-bond donors (Lipinski definition) is 2. The van der Waals surface area contributed by atoms with Gasteiger partial charge in [-0.15, -0.1) is 0 Å². The summed E-state index contributed by atoms with van der Waals surface area (Å²) < 4.78 is 27.5. The van der Waals surface area contributed by atoms with Crippen molar-refractivity contribution in [2.75, 3.05) is 118 Å². The molecule has 0 spiro atoms. The summed E-state index contributed by atoms with van der Waals surface area (Å²) in [6.45, 7) is 19.8. The van der Waals surface area contributed by atoms with Crippen LogP contribution in [0.4, 0.5) is 4.79 Å². The molecule has 8 fully saturated rings. The van der Waals surface area contributed by atoms with Crippen LogP contribution in [0, 0.1) is 47.3 Å². The predicted molar refractivity (Wildman–Crippen MR) is 306 cm³/mol. The Balaban J connectivity index is 0.000000132. The minimum atomic E-state index is -1.20. The van der Waals surface area contributed by atoms with Crippen LogP contribution in [0.15, 0.2) is 78.9 Å². The minimum absolute atomic E-state index is 0.0986. The summed E-state index contributed by atoms with van der Waals surface area (Å²) in [6, 6.07) is 10.2. The van der Waals surface area contributed by atoms with Crippen LogP contribution in [0.3, 0.4) is 0 Å². The van der Waals surface area contributed by atoms with E-state index in [-0.39, 0.29) is 23.6 Å². The number of benzene rings is 1. The van der Waals surface area contributed by atoms with E-state index in [0.717, 1.165) is 52.4 Å². The standard InChI is InChI=1S/C19H22N2O4.C17H24N2O6.C14H20N2O4.C13H18N2O4/c22-18(16-14-6-7-15(25-14)17(16)19(23)24)21-10-8-20(9-11-21)12-13-4-2-1-3-5-13;1-17(2,3)25-16(23)19-8-6-18(7-9-19)14(20)12-10-4-5-11(24-10)13(12)15(21)22;1-2-15-5-7-16(8-6-15)13(17)11-9-3-4-10(20-9)12(11)14(18)19;1-14-4-6-15(7-5-14)12(16)10-8-2-3-9(19-8)11(10)13(17)18/h1-7,14-17H,8-12H2,(H,23,24);4-5,10-13H,6-9H2,1-3H3,(H,21,22);3-4,9-12H,2,5-8H2,1H3,(H,18,19);2-3,8-11H,4-7H2,1H3,(H,17,18)/p-2/t14-,15+,16?,17?;10-,11+,12?,13?;9-,10+,11?,12?;8-,9+,10?,11?/m0000/s1. The number of carboxylic acids is 4. The second-order valence-electron chi connectivity index (χ2n) is 25.7. The van der Waals surface area contributed by atoms with Gasteiger partial charge >= 0.3 is 12.1 Å². The maximum Gasteiger partial charge on any atom is 0.410 e. The lowest BCUT2D eigenvalue weighted by molar-refractivity contribution is -0.883. The lowest BCUT2D eigenvalue weighted by atomic mass is 9.82. The van der Waals surface area contributed by atoms with Crippen molar-refractivity contribution in [3.8, 4) is 0 Å². The molecule has 8 unspecified atom stereocenters. The van der Waals surface area contributed by atoms with Gasteiger partial charge in [0.25, 0.3) is 0 Å². The van der Waals surface area contributed by atoms with Gasteiger partial charge in [0.2, 0.25) is 23.6 Å². The van der Waals surface area contributed by atoms with E-state index in [1.807, 2.05) is 18.2 Å². The fourth-order valence-electron chi connectivity index (χ4n) is 14.2. The molecule has 1 aromatic rings. The van der Waals surface area contributed by atoms with Gasteiger partial charge in [-0.3, -0.25) is 28.9 Å². The van der Waals surface area contributed by atoms with E-state index in [1.165, 1.54) is 10.5 Å². The number of likely N-dealkylation sites (N-methyl/N-ethyl adjacent to an activating group) is 2. The quantitative estimate of drug-likeness (QED) is 0.197. The Bertz CT molecular complexity index is 2920. The number of rotatable bonds is 11. The summed E-state index contributed by atoms with van der Waals surface area (Å²) in [5.41, 5.74) is 0.692. The van der Waals surface area contributed by atoms with E-state index >= 15 is 0 Å². The number of carbonyl (C=O) groups excluding carboxylic acids is 8. The zero-order valence-electron chi connectivity index (χ0n) is 51.0. The number of piperazine rings is 4. The van der Waals surface area contributed by atoms with Crippen molar-refractivity contribution >= 4 is 53.6 Å². The van der Waals surface area contributed by atoms with E-state index in [1.54, 1.807) is 93.9 Å². The highest BCUT2D eigenvalue weighted by molar-refractivity contribution is 5.89. The molecule has 89 heavy (non-hydrogen) atoms. The smallest absolute Gasteiger partial charge is 0.410 e. The number of carbonyl (C=O) groups is 9. The molecule has 12 aliphatic rings. The molecule has 13 rings (SSSR count). The third kappa shape index (κ3) is 14.3. The fraction of sp³-hybridized carbons (Fsp3) is 0.635. The van der Waals surface area contributed by atoms with Gasteiger partial charge < -0.3 is 92.8 Å². The van der Waals surface area contributed by atoms with Gasteiger partial charge in [0.15, 0.2) is 0 Å². The molecule has 8 saturated heterocycles. The van der Waals surface area contributed by atoms with Crippen LogP contribution in [0.1, 0.15) is 33.3 Å². The number of carboxylic acid groups (broad SMARTS) is 4. The zero-order chi connectivity index (χ0) is 63.6. The Kier molecular flexibility index (Phi) is 20.1. The third-order valence-electron chi connectivity index (χ3n) is 19.1. The van der Waals surface area contributed by atoms with Gasteiger partial charge in [0, 0.05) is 121 Å². The van der Waals surface area contributed by atoms with E-state index in [0.29, 0.717) is 65.4 Å².